The summed E-state index contributed by atoms with van der Waals surface area (Å²) in [7, 11) is 1.59. The molecule has 4 nitrogen and oxygen atoms in total. The molecule has 0 saturated heterocycles. The van der Waals surface area contributed by atoms with Crippen LogP contribution in [0.3, 0.4) is 0 Å². The lowest BCUT2D eigenvalue weighted by Crippen LogP contribution is -2.38. The Bertz CT molecular complexity index is 458. The highest BCUT2D eigenvalue weighted by Gasteiger charge is 2.15. The number of benzene rings is 1. The van der Waals surface area contributed by atoms with E-state index in [0.29, 0.717) is 6.54 Å². The van der Waals surface area contributed by atoms with Crippen LogP contribution in [-0.2, 0) is 16.0 Å². The molecule has 0 aliphatic carbocycles. The van der Waals surface area contributed by atoms with Crippen molar-refractivity contribution in [2.45, 2.75) is 27.2 Å². The topological polar surface area (TPSA) is 63.4 Å². The number of hydrogen-bond donors (Lipinski definition) is 1. The summed E-state index contributed by atoms with van der Waals surface area (Å²) in [6.07, 6.45) is 0.730. The second-order valence-corrected chi connectivity index (χ2v) is 4.72. The lowest BCUT2D eigenvalue weighted by molar-refractivity contribution is -0.143. The van der Waals surface area contributed by atoms with Gasteiger partial charge in [-0.25, -0.2) is 0 Å². The van der Waals surface area contributed by atoms with Crippen LogP contribution in [0.5, 0.6) is 0 Å². The van der Waals surface area contributed by atoms with Gasteiger partial charge in [0.25, 0.3) is 0 Å². The van der Waals surface area contributed by atoms with Crippen LogP contribution >= 0.6 is 0 Å². The maximum Gasteiger partial charge on any atom is 0.311 e. The summed E-state index contributed by atoms with van der Waals surface area (Å²) in [5.41, 5.74) is 9.84. The monoisotopic (exact) mass is 248 g/mol. The number of nitrogens with two attached hydrogens (primary N) is 1. The Kier molecular flexibility index (Phi) is 4.48. The Morgan fingerprint density at radius 1 is 1.17 bits per heavy atom. The minimum absolute atomic E-state index is 0.493. The molecule has 1 aromatic carbocycles. The van der Waals surface area contributed by atoms with Crippen LogP contribution in [-0.4, -0.2) is 30.3 Å². The number of amides is 2. The van der Waals surface area contributed by atoms with Gasteiger partial charge in [-0.15, -0.1) is 0 Å². The van der Waals surface area contributed by atoms with Crippen LogP contribution in [0.15, 0.2) is 12.1 Å². The highest BCUT2D eigenvalue weighted by molar-refractivity contribution is 6.34. The molecule has 1 rings (SSSR count). The first-order chi connectivity index (χ1) is 8.32. The summed E-state index contributed by atoms with van der Waals surface area (Å²) in [5.74, 6) is -1.55. The number of rotatable bonds is 3. The average Bonchev–Trinajstić information content (AvgIpc) is 2.25. The van der Waals surface area contributed by atoms with Crippen LogP contribution in [0.4, 0.5) is 0 Å². The molecule has 98 valence electrons. The zero-order valence-corrected chi connectivity index (χ0v) is 11.4. The van der Waals surface area contributed by atoms with Gasteiger partial charge in [-0.05, 0) is 43.9 Å². The SMILES string of the molecule is Cc1cc(C)c(CCN(C)C(=O)C(N)=O)c(C)c1. The highest BCUT2D eigenvalue weighted by Crippen LogP contribution is 2.17. The van der Waals surface area contributed by atoms with Crippen LogP contribution in [0, 0.1) is 20.8 Å². The number of carbonyl (C=O) groups is 2. The van der Waals surface area contributed by atoms with Gasteiger partial charge >= 0.3 is 11.8 Å². The molecule has 1 aromatic rings. The van der Waals surface area contributed by atoms with E-state index in [9.17, 15) is 9.59 Å². The summed E-state index contributed by atoms with van der Waals surface area (Å²) in [6.45, 7) is 6.68. The van der Waals surface area contributed by atoms with E-state index in [-0.39, 0.29) is 0 Å². The summed E-state index contributed by atoms with van der Waals surface area (Å²) in [5, 5.41) is 0. The molecule has 4 heteroatoms. The number of nitrogens with zero attached hydrogens (tertiary/aromatic N) is 1. The largest absolute Gasteiger partial charge is 0.361 e. The van der Waals surface area contributed by atoms with Crippen molar-refractivity contribution in [1.82, 2.24) is 4.90 Å². The Balaban J connectivity index is 2.75. The number of aryl methyl sites for hydroxylation is 3. The highest BCUT2D eigenvalue weighted by atomic mass is 16.2. The Hall–Kier alpha value is -1.84. The maximum atomic E-state index is 11.3. The molecule has 0 fully saturated rings. The predicted octanol–water partition coefficient (Wildman–Crippen LogP) is 1.10. The van der Waals surface area contributed by atoms with Gasteiger partial charge < -0.3 is 10.6 Å². The lowest BCUT2D eigenvalue weighted by Gasteiger charge is -2.17. The molecule has 0 spiro atoms. The number of primary amides is 1. The lowest BCUT2D eigenvalue weighted by atomic mass is 9.97. The standard InChI is InChI=1S/C14H20N2O2/c1-9-7-10(2)12(11(3)8-9)5-6-16(4)14(18)13(15)17/h7-8H,5-6H2,1-4H3,(H2,15,17). The molecule has 0 aromatic heterocycles. The third-order valence-electron chi connectivity index (χ3n) is 3.10. The fourth-order valence-corrected chi connectivity index (χ4v) is 2.17. The Labute approximate surface area is 108 Å². The van der Waals surface area contributed by atoms with E-state index in [1.54, 1.807) is 7.05 Å². The van der Waals surface area contributed by atoms with Gasteiger partial charge in [0.1, 0.15) is 0 Å². The molecule has 2 N–H and O–H groups in total. The molecule has 0 aliphatic rings. The minimum Gasteiger partial charge on any atom is -0.361 e. The van der Waals surface area contributed by atoms with E-state index in [4.69, 9.17) is 5.73 Å². The molecule has 18 heavy (non-hydrogen) atoms. The van der Waals surface area contributed by atoms with Gasteiger partial charge in [-0.2, -0.15) is 0 Å². The molecule has 0 heterocycles. The Morgan fingerprint density at radius 3 is 2.11 bits per heavy atom. The van der Waals surface area contributed by atoms with Crippen molar-refractivity contribution in [2.75, 3.05) is 13.6 Å². The van der Waals surface area contributed by atoms with E-state index < -0.39 is 11.8 Å². The zero-order valence-electron chi connectivity index (χ0n) is 11.4. The molecule has 0 atom stereocenters. The quantitative estimate of drug-likeness (QED) is 0.814. The van der Waals surface area contributed by atoms with E-state index in [1.807, 2.05) is 0 Å². The Morgan fingerprint density at radius 2 is 1.67 bits per heavy atom. The minimum atomic E-state index is -0.908. The molecule has 0 bridgehead atoms. The average molecular weight is 248 g/mol. The number of hydrogen-bond acceptors (Lipinski definition) is 2. The second-order valence-electron chi connectivity index (χ2n) is 4.72. The summed E-state index contributed by atoms with van der Waals surface area (Å²) in [4.78, 5) is 23.5. The van der Waals surface area contributed by atoms with Crippen LogP contribution < -0.4 is 5.73 Å². The number of likely N-dealkylation sites (N-methyl/N-ethyl adjacent to an activating group) is 1. The summed E-state index contributed by atoms with van der Waals surface area (Å²) >= 11 is 0. The smallest absolute Gasteiger partial charge is 0.311 e. The fourth-order valence-electron chi connectivity index (χ4n) is 2.17. The molecule has 0 aliphatic heterocycles. The first kappa shape index (κ1) is 14.2. The summed E-state index contributed by atoms with van der Waals surface area (Å²) < 4.78 is 0. The predicted molar refractivity (Wildman–Crippen MR) is 71.2 cm³/mol. The van der Waals surface area contributed by atoms with Crippen molar-refractivity contribution < 1.29 is 9.59 Å². The third kappa shape index (κ3) is 3.32. The van der Waals surface area contributed by atoms with E-state index >= 15 is 0 Å². The van der Waals surface area contributed by atoms with Gasteiger partial charge in [-0.3, -0.25) is 9.59 Å². The van der Waals surface area contributed by atoms with E-state index in [2.05, 4.69) is 32.9 Å². The van der Waals surface area contributed by atoms with Crippen molar-refractivity contribution in [1.29, 1.82) is 0 Å². The van der Waals surface area contributed by atoms with Gasteiger partial charge in [-0.1, -0.05) is 17.7 Å². The van der Waals surface area contributed by atoms with Crippen LogP contribution in [0.1, 0.15) is 22.3 Å². The van der Waals surface area contributed by atoms with Crippen LogP contribution in [0.25, 0.3) is 0 Å². The van der Waals surface area contributed by atoms with Crippen molar-refractivity contribution in [2.24, 2.45) is 5.73 Å². The fraction of sp³-hybridized carbons (Fsp3) is 0.429. The van der Waals surface area contributed by atoms with Gasteiger partial charge in [0, 0.05) is 13.6 Å². The van der Waals surface area contributed by atoms with E-state index in [0.717, 1.165) is 6.42 Å². The van der Waals surface area contributed by atoms with Crippen molar-refractivity contribution >= 4 is 11.8 Å². The zero-order chi connectivity index (χ0) is 13.9. The molecule has 0 saturated carbocycles. The third-order valence-corrected chi connectivity index (χ3v) is 3.10. The van der Waals surface area contributed by atoms with Gasteiger partial charge in [0.2, 0.25) is 0 Å². The number of carbonyl (C=O) groups excluding carboxylic acids is 2. The van der Waals surface area contributed by atoms with Gasteiger partial charge in [0.05, 0.1) is 0 Å². The molecule has 0 unspecified atom stereocenters. The molecule has 2 amide bonds. The summed E-state index contributed by atoms with van der Waals surface area (Å²) in [6, 6.07) is 4.25. The molecular weight excluding hydrogens is 228 g/mol. The van der Waals surface area contributed by atoms with Crippen LogP contribution in [0.2, 0.25) is 0 Å². The van der Waals surface area contributed by atoms with Crippen molar-refractivity contribution in [3.8, 4) is 0 Å². The first-order valence-corrected chi connectivity index (χ1v) is 5.94. The normalized spacial score (nSPS) is 10.2. The molecular formula is C14H20N2O2. The maximum absolute atomic E-state index is 11.3. The first-order valence-electron chi connectivity index (χ1n) is 5.94. The van der Waals surface area contributed by atoms with Crippen molar-refractivity contribution in [3.05, 3.63) is 34.4 Å². The van der Waals surface area contributed by atoms with Crippen molar-refractivity contribution in [3.63, 3.8) is 0 Å². The van der Waals surface area contributed by atoms with E-state index in [1.165, 1.54) is 27.2 Å². The van der Waals surface area contributed by atoms with Gasteiger partial charge in [0.15, 0.2) is 0 Å². The molecule has 0 radical (unpaired) electrons. The second kappa shape index (κ2) is 5.67.